The van der Waals surface area contributed by atoms with Crippen LogP contribution in [0.15, 0.2) is 47.4 Å². The predicted octanol–water partition coefficient (Wildman–Crippen LogP) is 4.13. The predicted molar refractivity (Wildman–Crippen MR) is 97.4 cm³/mol. The molecule has 2 aromatic carbocycles. The summed E-state index contributed by atoms with van der Waals surface area (Å²) in [4.78, 5) is 0.200. The third kappa shape index (κ3) is 4.97. The SMILES string of the molecule is Cc1cc(S(=O)(=O)NCCOc2ccc(C(C)C)cc2)ccc1Cl. The molecule has 0 radical (unpaired) electrons. The van der Waals surface area contributed by atoms with Gasteiger partial charge in [-0.2, -0.15) is 0 Å². The summed E-state index contributed by atoms with van der Waals surface area (Å²) in [5, 5.41) is 0.544. The number of aryl methyl sites for hydroxylation is 1. The van der Waals surface area contributed by atoms with Gasteiger partial charge in [0.2, 0.25) is 10.0 Å². The minimum Gasteiger partial charge on any atom is -0.492 e. The number of hydrogen-bond donors (Lipinski definition) is 1. The van der Waals surface area contributed by atoms with Crippen LogP contribution in [0.25, 0.3) is 0 Å². The fourth-order valence-corrected chi connectivity index (χ4v) is 3.38. The third-order valence-corrected chi connectivity index (χ3v) is 5.53. The van der Waals surface area contributed by atoms with Crippen molar-refractivity contribution in [2.45, 2.75) is 31.6 Å². The molecule has 0 amide bonds. The van der Waals surface area contributed by atoms with Crippen LogP contribution in [0.4, 0.5) is 0 Å². The second kappa shape index (κ2) is 8.01. The van der Waals surface area contributed by atoms with Crippen molar-refractivity contribution in [3.05, 3.63) is 58.6 Å². The highest BCUT2D eigenvalue weighted by molar-refractivity contribution is 7.89. The maximum atomic E-state index is 12.2. The number of hydrogen-bond acceptors (Lipinski definition) is 3. The van der Waals surface area contributed by atoms with E-state index in [0.717, 1.165) is 11.3 Å². The van der Waals surface area contributed by atoms with Gasteiger partial charge in [0.05, 0.1) is 4.90 Å². The van der Waals surface area contributed by atoms with E-state index in [1.54, 1.807) is 19.1 Å². The van der Waals surface area contributed by atoms with Crippen LogP contribution in [0, 0.1) is 6.92 Å². The lowest BCUT2D eigenvalue weighted by molar-refractivity contribution is 0.322. The van der Waals surface area contributed by atoms with Crippen LogP contribution in [0.1, 0.15) is 30.9 Å². The molecule has 0 atom stereocenters. The monoisotopic (exact) mass is 367 g/mol. The van der Waals surface area contributed by atoms with Gasteiger partial charge in [0, 0.05) is 11.6 Å². The van der Waals surface area contributed by atoms with Crippen molar-refractivity contribution in [2.24, 2.45) is 0 Å². The first kappa shape index (κ1) is 18.8. The lowest BCUT2D eigenvalue weighted by atomic mass is 10.0. The Morgan fingerprint density at radius 2 is 1.79 bits per heavy atom. The van der Waals surface area contributed by atoms with E-state index in [9.17, 15) is 8.42 Å². The van der Waals surface area contributed by atoms with E-state index in [1.807, 2.05) is 24.3 Å². The van der Waals surface area contributed by atoms with Crippen molar-refractivity contribution < 1.29 is 13.2 Å². The van der Waals surface area contributed by atoms with Crippen LogP contribution in [0.3, 0.4) is 0 Å². The first-order valence-corrected chi connectivity index (χ1v) is 9.64. The number of rotatable bonds is 7. The average Bonchev–Trinajstić information content (AvgIpc) is 2.54. The summed E-state index contributed by atoms with van der Waals surface area (Å²) in [6.07, 6.45) is 0. The van der Waals surface area contributed by atoms with Crippen LogP contribution in [-0.2, 0) is 10.0 Å². The first-order valence-electron chi connectivity index (χ1n) is 7.78. The molecule has 1 N–H and O–H groups in total. The Labute approximate surface area is 148 Å². The average molecular weight is 368 g/mol. The Morgan fingerprint density at radius 1 is 1.12 bits per heavy atom. The molecule has 0 unspecified atom stereocenters. The highest BCUT2D eigenvalue weighted by Crippen LogP contribution is 2.20. The molecule has 0 saturated carbocycles. The zero-order valence-corrected chi connectivity index (χ0v) is 15.6. The van der Waals surface area contributed by atoms with Crippen molar-refractivity contribution in [1.29, 1.82) is 0 Å². The zero-order valence-electron chi connectivity index (χ0n) is 14.0. The maximum absolute atomic E-state index is 12.2. The van der Waals surface area contributed by atoms with Crippen LogP contribution in [0.2, 0.25) is 5.02 Å². The molecule has 2 rings (SSSR count). The standard InChI is InChI=1S/C18H22ClNO3S/c1-13(2)15-4-6-16(7-5-15)23-11-10-20-24(21,22)17-8-9-18(19)14(3)12-17/h4-9,12-13,20H,10-11H2,1-3H3. The minimum absolute atomic E-state index is 0.190. The summed E-state index contributed by atoms with van der Waals surface area (Å²) >= 11 is 5.92. The molecule has 0 aromatic heterocycles. The van der Waals surface area contributed by atoms with E-state index >= 15 is 0 Å². The Hall–Kier alpha value is -1.56. The fourth-order valence-electron chi connectivity index (χ4n) is 2.16. The molecular formula is C18H22ClNO3S. The number of sulfonamides is 1. The second-order valence-corrected chi connectivity index (χ2v) is 8.06. The van der Waals surface area contributed by atoms with E-state index < -0.39 is 10.0 Å². The van der Waals surface area contributed by atoms with E-state index in [-0.39, 0.29) is 18.0 Å². The van der Waals surface area contributed by atoms with Gasteiger partial charge in [-0.1, -0.05) is 37.6 Å². The van der Waals surface area contributed by atoms with Gasteiger partial charge in [0.15, 0.2) is 0 Å². The van der Waals surface area contributed by atoms with Crippen LogP contribution in [-0.4, -0.2) is 21.6 Å². The molecule has 0 aliphatic rings. The number of nitrogens with one attached hydrogen (secondary N) is 1. The molecule has 0 heterocycles. The van der Waals surface area contributed by atoms with Gasteiger partial charge in [0.1, 0.15) is 12.4 Å². The summed E-state index contributed by atoms with van der Waals surface area (Å²) in [5.41, 5.74) is 1.96. The minimum atomic E-state index is -3.56. The molecule has 0 spiro atoms. The summed E-state index contributed by atoms with van der Waals surface area (Å²) in [5.74, 6) is 1.19. The van der Waals surface area contributed by atoms with E-state index in [2.05, 4.69) is 18.6 Å². The highest BCUT2D eigenvalue weighted by Gasteiger charge is 2.14. The largest absolute Gasteiger partial charge is 0.492 e. The summed E-state index contributed by atoms with van der Waals surface area (Å²) in [6.45, 7) is 6.47. The summed E-state index contributed by atoms with van der Waals surface area (Å²) in [6, 6.07) is 12.4. The van der Waals surface area contributed by atoms with E-state index in [4.69, 9.17) is 16.3 Å². The molecule has 0 aliphatic heterocycles. The Balaban J connectivity index is 1.87. The van der Waals surface area contributed by atoms with Crippen LogP contribution in [0.5, 0.6) is 5.75 Å². The van der Waals surface area contributed by atoms with Gasteiger partial charge >= 0.3 is 0 Å². The van der Waals surface area contributed by atoms with Gasteiger partial charge < -0.3 is 4.74 Å². The van der Waals surface area contributed by atoms with Crippen molar-refractivity contribution in [3.63, 3.8) is 0 Å². The quantitative estimate of drug-likeness (QED) is 0.748. The highest BCUT2D eigenvalue weighted by atomic mass is 35.5. The molecule has 24 heavy (non-hydrogen) atoms. The molecule has 0 fully saturated rings. The smallest absolute Gasteiger partial charge is 0.240 e. The normalized spacial score (nSPS) is 11.7. The maximum Gasteiger partial charge on any atom is 0.240 e. The summed E-state index contributed by atoms with van der Waals surface area (Å²) in [7, 11) is -3.56. The number of ether oxygens (including phenoxy) is 1. The van der Waals surface area contributed by atoms with Crippen molar-refractivity contribution in [1.82, 2.24) is 4.72 Å². The van der Waals surface area contributed by atoms with Crippen molar-refractivity contribution >= 4 is 21.6 Å². The lowest BCUT2D eigenvalue weighted by Gasteiger charge is -2.10. The summed E-state index contributed by atoms with van der Waals surface area (Å²) < 4.78 is 32.5. The Bertz CT molecular complexity index is 786. The molecule has 2 aromatic rings. The Morgan fingerprint density at radius 3 is 2.38 bits per heavy atom. The first-order chi connectivity index (χ1) is 11.3. The van der Waals surface area contributed by atoms with Gasteiger partial charge in [-0.25, -0.2) is 13.1 Å². The van der Waals surface area contributed by atoms with Crippen LogP contribution < -0.4 is 9.46 Å². The van der Waals surface area contributed by atoms with E-state index in [0.29, 0.717) is 10.9 Å². The number of halogens is 1. The molecule has 0 saturated heterocycles. The van der Waals surface area contributed by atoms with Crippen molar-refractivity contribution in [2.75, 3.05) is 13.2 Å². The fraction of sp³-hybridized carbons (Fsp3) is 0.333. The second-order valence-electron chi connectivity index (χ2n) is 5.88. The lowest BCUT2D eigenvalue weighted by Crippen LogP contribution is -2.28. The topological polar surface area (TPSA) is 55.4 Å². The van der Waals surface area contributed by atoms with Gasteiger partial charge in [-0.05, 0) is 54.3 Å². The molecular weight excluding hydrogens is 346 g/mol. The van der Waals surface area contributed by atoms with E-state index in [1.165, 1.54) is 11.6 Å². The molecule has 0 bridgehead atoms. The number of benzene rings is 2. The molecule has 6 heteroatoms. The van der Waals surface area contributed by atoms with Crippen LogP contribution >= 0.6 is 11.6 Å². The van der Waals surface area contributed by atoms with Gasteiger partial charge in [-0.3, -0.25) is 0 Å². The molecule has 130 valence electrons. The van der Waals surface area contributed by atoms with Gasteiger partial charge in [0.25, 0.3) is 0 Å². The van der Waals surface area contributed by atoms with Gasteiger partial charge in [-0.15, -0.1) is 0 Å². The zero-order chi connectivity index (χ0) is 17.7. The molecule has 0 aliphatic carbocycles. The Kier molecular flexibility index (Phi) is 6.27. The third-order valence-electron chi connectivity index (χ3n) is 3.65. The molecule has 4 nitrogen and oxygen atoms in total. The van der Waals surface area contributed by atoms with Crippen molar-refractivity contribution in [3.8, 4) is 5.75 Å².